The van der Waals surface area contributed by atoms with Gasteiger partial charge < -0.3 is 20.4 Å². The van der Waals surface area contributed by atoms with Crippen molar-refractivity contribution >= 4 is 23.0 Å². The van der Waals surface area contributed by atoms with E-state index in [4.69, 9.17) is 0 Å². The molecule has 0 fully saturated rings. The van der Waals surface area contributed by atoms with E-state index >= 15 is 0 Å². The summed E-state index contributed by atoms with van der Waals surface area (Å²) in [5.41, 5.74) is 3.24. The number of hydrogen-bond acceptors (Lipinski definition) is 5. The molecule has 0 unspecified atom stereocenters. The molecule has 0 bridgehead atoms. The molecule has 0 spiro atoms. The van der Waals surface area contributed by atoms with Gasteiger partial charge in [-0.05, 0) is 57.4 Å². The number of anilines is 3. The van der Waals surface area contributed by atoms with Crippen molar-refractivity contribution in [1.29, 1.82) is 0 Å². The maximum Gasteiger partial charge on any atom is 0.257 e. The van der Waals surface area contributed by atoms with Gasteiger partial charge in [0.2, 0.25) is 0 Å². The smallest absolute Gasteiger partial charge is 0.257 e. The van der Waals surface area contributed by atoms with Crippen molar-refractivity contribution in [2.45, 2.75) is 6.42 Å². The number of aromatic nitrogens is 1. The summed E-state index contributed by atoms with van der Waals surface area (Å²) in [4.78, 5) is 20.7. The zero-order valence-electron chi connectivity index (χ0n) is 15.4. The lowest BCUT2D eigenvalue weighted by Crippen LogP contribution is -2.17. The minimum Gasteiger partial charge on any atom is -0.384 e. The van der Waals surface area contributed by atoms with Gasteiger partial charge in [0.25, 0.3) is 5.91 Å². The van der Waals surface area contributed by atoms with Gasteiger partial charge in [-0.2, -0.15) is 0 Å². The molecule has 0 aliphatic heterocycles. The highest BCUT2D eigenvalue weighted by molar-refractivity contribution is 6.04. The van der Waals surface area contributed by atoms with Gasteiger partial charge in [-0.1, -0.05) is 0 Å². The predicted molar refractivity (Wildman–Crippen MR) is 105 cm³/mol. The molecule has 25 heavy (non-hydrogen) atoms. The van der Waals surface area contributed by atoms with Crippen LogP contribution >= 0.6 is 0 Å². The summed E-state index contributed by atoms with van der Waals surface area (Å²) in [6.07, 6.45) is 4.34. The fraction of sp³-hybridized carbons (Fsp3) is 0.368. The second kappa shape index (κ2) is 9.03. The molecule has 6 nitrogen and oxygen atoms in total. The first-order chi connectivity index (χ1) is 12.0. The molecule has 0 saturated carbocycles. The molecular weight excluding hydrogens is 314 g/mol. The van der Waals surface area contributed by atoms with Gasteiger partial charge in [0.15, 0.2) is 0 Å². The lowest BCUT2D eigenvalue weighted by molar-refractivity contribution is 0.102. The largest absolute Gasteiger partial charge is 0.384 e. The van der Waals surface area contributed by atoms with Crippen LogP contribution in [0.2, 0.25) is 0 Å². The third-order valence-electron chi connectivity index (χ3n) is 3.75. The normalized spacial score (nSPS) is 10.6. The van der Waals surface area contributed by atoms with Crippen molar-refractivity contribution in [3.05, 3.63) is 48.3 Å². The first kappa shape index (κ1) is 18.7. The maximum absolute atomic E-state index is 12.4. The van der Waals surface area contributed by atoms with E-state index in [-0.39, 0.29) is 5.91 Å². The zero-order valence-corrected chi connectivity index (χ0v) is 15.4. The molecule has 0 radical (unpaired) electrons. The number of hydrogen-bond donors (Lipinski definition) is 2. The fourth-order valence-corrected chi connectivity index (χ4v) is 2.33. The van der Waals surface area contributed by atoms with Crippen LogP contribution in [-0.2, 0) is 0 Å². The number of amides is 1. The topological polar surface area (TPSA) is 60.5 Å². The van der Waals surface area contributed by atoms with Crippen molar-refractivity contribution < 1.29 is 4.79 Å². The van der Waals surface area contributed by atoms with Crippen molar-refractivity contribution in [3.63, 3.8) is 0 Å². The monoisotopic (exact) mass is 341 g/mol. The molecule has 2 rings (SSSR count). The Kier molecular flexibility index (Phi) is 6.77. The Labute approximate surface area is 149 Å². The number of benzene rings is 1. The predicted octanol–water partition coefficient (Wildman–Crippen LogP) is 2.76. The Balaban J connectivity index is 1.93. The van der Waals surface area contributed by atoms with E-state index in [9.17, 15) is 4.79 Å². The van der Waals surface area contributed by atoms with E-state index in [2.05, 4.69) is 34.6 Å². The van der Waals surface area contributed by atoms with E-state index in [1.165, 1.54) is 0 Å². The van der Waals surface area contributed by atoms with Crippen LogP contribution in [0.3, 0.4) is 0 Å². The number of carbonyl (C=O) groups excluding carboxylic acids is 1. The molecule has 0 atom stereocenters. The second-order valence-electron chi connectivity index (χ2n) is 6.44. The number of nitrogens with zero attached hydrogens (tertiary/aromatic N) is 3. The van der Waals surface area contributed by atoms with E-state index < -0.39 is 0 Å². The van der Waals surface area contributed by atoms with Gasteiger partial charge in [0, 0.05) is 44.4 Å². The molecule has 134 valence electrons. The van der Waals surface area contributed by atoms with Crippen LogP contribution in [0.1, 0.15) is 16.8 Å². The van der Waals surface area contributed by atoms with E-state index in [1.807, 2.05) is 49.3 Å². The van der Waals surface area contributed by atoms with Crippen LogP contribution in [0.25, 0.3) is 0 Å². The molecule has 1 aromatic carbocycles. The molecule has 2 N–H and O–H groups in total. The molecule has 0 aliphatic rings. The van der Waals surface area contributed by atoms with Gasteiger partial charge in [-0.15, -0.1) is 0 Å². The van der Waals surface area contributed by atoms with Crippen LogP contribution in [0, 0.1) is 0 Å². The molecule has 6 heteroatoms. The average Bonchev–Trinajstić information content (AvgIpc) is 2.59. The summed E-state index contributed by atoms with van der Waals surface area (Å²) in [6, 6.07) is 9.55. The maximum atomic E-state index is 12.4. The van der Waals surface area contributed by atoms with Crippen LogP contribution in [0.15, 0.2) is 42.7 Å². The SMILES string of the molecule is CN(C)CCCNc1cncc(C(=O)Nc2ccc(N(C)C)cc2)c1. The molecular formula is C19H27N5O. The average molecular weight is 341 g/mol. The zero-order chi connectivity index (χ0) is 18.2. The van der Waals surface area contributed by atoms with Gasteiger partial charge in [0.05, 0.1) is 11.3 Å². The summed E-state index contributed by atoms with van der Waals surface area (Å²) in [6.45, 7) is 1.86. The fourth-order valence-electron chi connectivity index (χ4n) is 2.33. The Hall–Kier alpha value is -2.60. The van der Waals surface area contributed by atoms with Gasteiger partial charge in [-0.25, -0.2) is 0 Å². The van der Waals surface area contributed by atoms with Crippen molar-refractivity contribution in [1.82, 2.24) is 9.88 Å². The highest BCUT2D eigenvalue weighted by Crippen LogP contribution is 2.17. The Bertz CT molecular complexity index is 682. The van der Waals surface area contributed by atoms with Crippen LogP contribution in [0.5, 0.6) is 0 Å². The number of rotatable bonds is 8. The third-order valence-corrected chi connectivity index (χ3v) is 3.75. The molecule has 0 aliphatic carbocycles. The second-order valence-corrected chi connectivity index (χ2v) is 6.44. The summed E-state index contributed by atoms with van der Waals surface area (Å²) >= 11 is 0. The third kappa shape index (κ3) is 6.08. The van der Waals surface area contributed by atoms with Crippen LogP contribution < -0.4 is 15.5 Å². The standard InChI is InChI=1S/C19H27N5O/c1-23(2)11-5-10-21-17-12-15(13-20-14-17)19(25)22-16-6-8-18(9-7-16)24(3)4/h6-9,12-14,21H,5,10-11H2,1-4H3,(H,22,25). The quantitative estimate of drug-likeness (QED) is 0.723. The van der Waals surface area contributed by atoms with Gasteiger partial charge >= 0.3 is 0 Å². The summed E-state index contributed by atoms with van der Waals surface area (Å²) in [5.74, 6) is -0.165. The molecule has 1 heterocycles. The van der Waals surface area contributed by atoms with Crippen molar-refractivity contribution in [2.75, 3.05) is 56.8 Å². The van der Waals surface area contributed by atoms with Crippen molar-refractivity contribution in [3.8, 4) is 0 Å². The first-order valence-corrected chi connectivity index (χ1v) is 8.38. The molecule has 1 amide bonds. The Morgan fingerprint density at radius 3 is 2.40 bits per heavy atom. The summed E-state index contributed by atoms with van der Waals surface area (Å²) in [5, 5.41) is 6.21. The summed E-state index contributed by atoms with van der Waals surface area (Å²) < 4.78 is 0. The lowest BCUT2D eigenvalue weighted by atomic mass is 10.2. The highest BCUT2D eigenvalue weighted by Gasteiger charge is 2.08. The van der Waals surface area contributed by atoms with Crippen molar-refractivity contribution in [2.24, 2.45) is 0 Å². The first-order valence-electron chi connectivity index (χ1n) is 8.38. The Morgan fingerprint density at radius 1 is 1.04 bits per heavy atom. The molecule has 1 aromatic heterocycles. The number of carbonyl (C=O) groups is 1. The van der Waals surface area contributed by atoms with Gasteiger partial charge in [-0.3, -0.25) is 9.78 Å². The molecule has 2 aromatic rings. The highest BCUT2D eigenvalue weighted by atomic mass is 16.1. The molecule has 0 saturated heterocycles. The van der Waals surface area contributed by atoms with Gasteiger partial charge in [0.1, 0.15) is 0 Å². The summed E-state index contributed by atoms with van der Waals surface area (Å²) in [7, 11) is 8.07. The number of nitrogens with one attached hydrogen (secondary N) is 2. The van der Waals surface area contributed by atoms with E-state index in [0.717, 1.165) is 36.6 Å². The minimum absolute atomic E-state index is 0.165. The Morgan fingerprint density at radius 2 is 1.76 bits per heavy atom. The van der Waals surface area contributed by atoms with Crippen LogP contribution in [-0.4, -0.2) is 57.1 Å². The van der Waals surface area contributed by atoms with E-state index in [0.29, 0.717) is 5.56 Å². The lowest BCUT2D eigenvalue weighted by Gasteiger charge is -2.13. The van der Waals surface area contributed by atoms with Crippen LogP contribution in [0.4, 0.5) is 17.1 Å². The number of pyridine rings is 1. The van der Waals surface area contributed by atoms with E-state index in [1.54, 1.807) is 12.4 Å². The minimum atomic E-state index is -0.165.